The Balaban J connectivity index is 2.07. The summed E-state index contributed by atoms with van der Waals surface area (Å²) in [7, 11) is 1.29. The van der Waals surface area contributed by atoms with Crippen LogP contribution in [0.15, 0.2) is 35.9 Å². The lowest BCUT2D eigenvalue weighted by Gasteiger charge is -2.12. The molecule has 1 aromatic carbocycles. The summed E-state index contributed by atoms with van der Waals surface area (Å²) in [5.41, 5.74) is 1.32. The highest BCUT2D eigenvalue weighted by molar-refractivity contribution is 6.46. The van der Waals surface area contributed by atoms with Crippen LogP contribution in [0.25, 0.3) is 6.08 Å². The first kappa shape index (κ1) is 14.0. The molecule has 0 unspecified atom stereocenters. The van der Waals surface area contributed by atoms with E-state index in [1.165, 1.54) is 12.0 Å². The van der Waals surface area contributed by atoms with Gasteiger partial charge in [-0.3, -0.25) is 14.4 Å². The molecule has 0 aromatic heterocycles. The summed E-state index contributed by atoms with van der Waals surface area (Å²) in [4.78, 5) is 36.1. The number of carbonyl (C=O) groups is 3. The zero-order chi connectivity index (χ0) is 14.5. The minimum atomic E-state index is -0.559. The molecule has 1 fully saturated rings. The van der Waals surface area contributed by atoms with E-state index in [0.717, 1.165) is 5.56 Å². The number of methoxy groups -OCH3 is 1. The normalized spacial score (nSPS) is 16.9. The molecule has 5 nitrogen and oxygen atoms in total. The van der Waals surface area contributed by atoms with E-state index in [0.29, 0.717) is 5.57 Å². The molecule has 2 rings (SSSR count). The van der Waals surface area contributed by atoms with E-state index >= 15 is 0 Å². The largest absolute Gasteiger partial charge is 0.469 e. The molecular formula is C15H15NO4. The first-order valence-corrected chi connectivity index (χ1v) is 6.28. The maximum atomic E-state index is 11.9. The van der Waals surface area contributed by atoms with Crippen LogP contribution in [0.2, 0.25) is 0 Å². The maximum absolute atomic E-state index is 11.9. The van der Waals surface area contributed by atoms with Gasteiger partial charge in [0, 0.05) is 12.1 Å². The molecule has 0 saturated carbocycles. The number of hydrogen-bond acceptors (Lipinski definition) is 4. The Hall–Kier alpha value is -2.43. The van der Waals surface area contributed by atoms with Crippen molar-refractivity contribution in [3.8, 4) is 0 Å². The van der Waals surface area contributed by atoms with Crippen molar-refractivity contribution >= 4 is 23.7 Å². The number of amides is 1. The van der Waals surface area contributed by atoms with Crippen LogP contribution < -0.4 is 0 Å². The van der Waals surface area contributed by atoms with E-state index in [1.54, 1.807) is 6.08 Å². The minimum absolute atomic E-state index is 0.0914. The van der Waals surface area contributed by atoms with Gasteiger partial charge < -0.3 is 9.64 Å². The van der Waals surface area contributed by atoms with Crippen LogP contribution in [-0.4, -0.2) is 42.8 Å². The van der Waals surface area contributed by atoms with Crippen molar-refractivity contribution in [3.63, 3.8) is 0 Å². The fraction of sp³-hybridized carbons (Fsp3) is 0.267. The highest BCUT2D eigenvalue weighted by Crippen LogP contribution is 2.17. The average molecular weight is 273 g/mol. The lowest BCUT2D eigenvalue weighted by Crippen LogP contribution is -2.29. The third-order valence-electron chi connectivity index (χ3n) is 3.09. The molecule has 1 aliphatic heterocycles. The second kappa shape index (κ2) is 6.14. The topological polar surface area (TPSA) is 63.7 Å². The van der Waals surface area contributed by atoms with Gasteiger partial charge in [0.1, 0.15) is 0 Å². The van der Waals surface area contributed by atoms with Crippen LogP contribution >= 0.6 is 0 Å². The zero-order valence-corrected chi connectivity index (χ0v) is 11.2. The van der Waals surface area contributed by atoms with Gasteiger partial charge in [-0.1, -0.05) is 30.3 Å². The minimum Gasteiger partial charge on any atom is -0.469 e. The van der Waals surface area contributed by atoms with Crippen LogP contribution in [0.3, 0.4) is 0 Å². The Bertz CT molecular complexity index is 562. The third-order valence-corrected chi connectivity index (χ3v) is 3.09. The monoisotopic (exact) mass is 273 g/mol. The van der Waals surface area contributed by atoms with Crippen molar-refractivity contribution in [2.24, 2.45) is 0 Å². The number of ketones is 1. The lowest BCUT2D eigenvalue weighted by molar-refractivity contribution is -0.143. The van der Waals surface area contributed by atoms with Gasteiger partial charge >= 0.3 is 5.97 Å². The van der Waals surface area contributed by atoms with E-state index in [4.69, 9.17) is 0 Å². The molecule has 0 spiro atoms. The van der Waals surface area contributed by atoms with Gasteiger partial charge in [-0.15, -0.1) is 0 Å². The summed E-state index contributed by atoms with van der Waals surface area (Å²) in [5.74, 6) is -1.46. The predicted octanol–water partition coefficient (Wildman–Crippen LogP) is 1.04. The van der Waals surface area contributed by atoms with Gasteiger partial charge in [0.2, 0.25) is 5.78 Å². The smallest absolute Gasteiger partial charge is 0.307 e. The number of esters is 1. The molecule has 1 heterocycles. The van der Waals surface area contributed by atoms with E-state index in [9.17, 15) is 14.4 Å². The molecule has 1 aliphatic rings. The number of benzene rings is 1. The molecule has 0 N–H and O–H groups in total. The SMILES string of the molecule is COC(=O)CCN1C/C(=C\c2ccccc2)C(=O)C1=O. The highest BCUT2D eigenvalue weighted by atomic mass is 16.5. The van der Waals surface area contributed by atoms with Crippen molar-refractivity contribution in [3.05, 3.63) is 41.5 Å². The van der Waals surface area contributed by atoms with Gasteiger partial charge in [-0.05, 0) is 11.6 Å². The van der Waals surface area contributed by atoms with E-state index < -0.39 is 17.7 Å². The highest BCUT2D eigenvalue weighted by Gasteiger charge is 2.33. The summed E-state index contributed by atoms with van der Waals surface area (Å²) in [6.45, 7) is 0.437. The van der Waals surface area contributed by atoms with E-state index in [1.807, 2.05) is 30.3 Å². The summed E-state index contributed by atoms with van der Waals surface area (Å²) in [5, 5.41) is 0. The zero-order valence-electron chi connectivity index (χ0n) is 11.2. The molecule has 0 bridgehead atoms. The van der Waals surface area contributed by atoms with Gasteiger partial charge in [0.05, 0.1) is 20.1 Å². The molecule has 0 atom stereocenters. The van der Waals surface area contributed by atoms with Crippen molar-refractivity contribution in [1.29, 1.82) is 0 Å². The number of nitrogens with zero attached hydrogens (tertiary/aromatic N) is 1. The molecule has 0 aliphatic carbocycles. The lowest BCUT2D eigenvalue weighted by atomic mass is 10.1. The number of likely N-dealkylation sites (tertiary alicyclic amines) is 1. The molecule has 1 amide bonds. The fourth-order valence-corrected chi connectivity index (χ4v) is 2.00. The van der Waals surface area contributed by atoms with Crippen molar-refractivity contribution in [2.75, 3.05) is 20.2 Å². The van der Waals surface area contributed by atoms with Gasteiger partial charge in [0.25, 0.3) is 5.91 Å². The Labute approximate surface area is 116 Å². The summed E-state index contributed by atoms with van der Waals surface area (Å²) in [6, 6.07) is 9.33. The van der Waals surface area contributed by atoms with E-state index in [2.05, 4.69) is 4.74 Å². The molecule has 5 heteroatoms. The molecule has 1 saturated heterocycles. The third kappa shape index (κ3) is 3.12. The number of carbonyl (C=O) groups excluding carboxylic acids is 3. The molecular weight excluding hydrogens is 258 g/mol. The summed E-state index contributed by atoms with van der Waals surface area (Å²) < 4.78 is 4.52. The quantitative estimate of drug-likeness (QED) is 0.467. The average Bonchev–Trinajstić information content (AvgIpc) is 2.74. The van der Waals surface area contributed by atoms with Crippen molar-refractivity contribution in [1.82, 2.24) is 4.90 Å². The Morgan fingerprint density at radius 1 is 1.30 bits per heavy atom. The fourth-order valence-electron chi connectivity index (χ4n) is 2.00. The second-order valence-electron chi connectivity index (χ2n) is 4.46. The van der Waals surface area contributed by atoms with Crippen LogP contribution in [0.1, 0.15) is 12.0 Å². The van der Waals surface area contributed by atoms with Crippen LogP contribution in [0, 0.1) is 0 Å². The molecule has 104 valence electrons. The summed E-state index contributed by atoms with van der Waals surface area (Å²) >= 11 is 0. The van der Waals surface area contributed by atoms with Crippen LogP contribution in [-0.2, 0) is 19.1 Å². The second-order valence-corrected chi connectivity index (χ2v) is 4.46. The Morgan fingerprint density at radius 3 is 2.65 bits per heavy atom. The molecule has 0 radical (unpaired) electrons. The van der Waals surface area contributed by atoms with Crippen LogP contribution in [0.4, 0.5) is 0 Å². The van der Waals surface area contributed by atoms with Crippen molar-refractivity contribution < 1.29 is 19.1 Å². The molecule has 1 aromatic rings. The van der Waals surface area contributed by atoms with E-state index in [-0.39, 0.29) is 19.5 Å². The molecule has 20 heavy (non-hydrogen) atoms. The van der Waals surface area contributed by atoms with Gasteiger partial charge in [-0.2, -0.15) is 0 Å². The predicted molar refractivity (Wildman–Crippen MR) is 72.6 cm³/mol. The summed E-state index contributed by atoms with van der Waals surface area (Å²) in [6.07, 6.45) is 1.80. The number of Topliss-reactive ketones (excluding diaryl/α,β-unsaturated/α-hetero) is 1. The maximum Gasteiger partial charge on any atom is 0.307 e. The standard InChI is InChI=1S/C15H15NO4/c1-20-13(17)7-8-16-10-12(14(18)15(16)19)9-11-5-3-2-4-6-11/h2-6,9H,7-8,10H2,1H3/b12-9+. The number of ether oxygens (including phenoxy) is 1. The Morgan fingerprint density at radius 2 is 2.00 bits per heavy atom. The first-order chi connectivity index (χ1) is 9.61. The van der Waals surface area contributed by atoms with Gasteiger partial charge in [0.15, 0.2) is 0 Å². The number of hydrogen-bond donors (Lipinski definition) is 0. The first-order valence-electron chi connectivity index (χ1n) is 6.28. The van der Waals surface area contributed by atoms with Gasteiger partial charge in [-0.25, -0.2) is 0 Å². The van der Waals surface area contributed by atoms with Crippen LogP contribution in [0.5, 0.6) is 0 Å². The van der Waals surface area contributed by atoms with Crippen molar-refractivity contribution in [2.45, 2.75) is 6.42 Å². The Kier molecular flexibility index (Phi) is 4.30. The number of rotatable bonds is 4.